The fraction of sp³-hybridized carbons (Fsp3) is 0.583. The number of nitrogens with one attached hydrogen (secondary N) is 1. The zero-order valence-electron chi connectivity index (χ0n) is 9.91. The summed E-state index contributed by atoms with van der Waals surface area (Å²) < 4.78 is 6.06. The first-order valence-electron chi connectivity index (χ1n) is 5.83. The number of likely N-dealkylation sites (tertiary alicyclic amines) is 1. The van der Waals surface area contributed by atoms with Crippen LogP contribution in [0.3, 0.4) is 0 Å². The molecule has 0 bridgehead atoms. The first-order valence-corrected chi connectivity index (χ1v) is 6.62. The van der Waals surface area contributed by atoms with Crippen molar-refractivity contribution in [2.24, 2.45) is 5.92 Å². The first kappa shape index (κ1) is 12.6. The van der Waals surface area contributed by atoms with E-state index in [9.17, 15) is 4.79 Å². The molecular formula is C12H17BrN2O2. The summed E-state index contributed by atoms with van der Waals surface area (Å²) >= 11 is 3.34. The second-order valence-electron chi connectivity index (χ2n) is 4.42. The normalized spacial score (nSPS) is 17.4. The minimum atomic E-state index is 0.0894. The average Bonchev–Trinajstić information content (AvgIpc) is 2.76. The molecule has 0 atom stereocenters. The summed E-state index contributed by atoms with van der Waals surface area (Å²) in [4.78, 5) is 17.0. The van der Waals surface area contributed by atoms with E-state index in [-0.39, 0.29) is 5.91 Å². The Balaban J connectivity index is 1.90. The minimum absolute atomic E-state index is 0.0894. The van der Waals surface area contributed by atoms with Crippen molar-refractivity contribution in [1.29, 1.82) is 0 Å². The standard InChI is InChI=1S/C12H17BrN2O2/c1-17-8-9-2-4-15(5-3-9)12(16)11-6-10(13)7-14-11/h6-7,9,14H,2-5,8H2,1H3. The van der Waals surface area contributed by atoms with Crippen molar-refractivity contribution >= 4 is 21.8 Å². The van der Waals surface area contributed by atoms with E-state index in [1.165, 1.54) is 0 Å². The van der Waals surface area contributed by atoms with Gasteiger partial charge in [-0.25, -0.2) is 0 Å². The summed E-state index contributed by atoms with van der Waals surface area (Å²) in [5.74, 6) is 0.686. The van der Waals surface area contributed by atoms with E-state index >= 15 is 0 Å². The summed E-state index contributed by atoms with van der Waals surface area (Å²) in [5, 5.41) is 0. The van der Waals surface area contributed by atoms with Gasteiger partial charge in [0.05, 0.1) is 0 Å². The number of ether oxygens (including phenoxy) is 1. The highest BCUT2D eigenvalue weighted by Crippen LogP contribution is 2.20. The van der Waals surface area contributed by atoms with Gasteiger partial charge in [0, 0.05) is 37.5 Å². The van der Waals surface area contributed by atoms with Gasteiger partial charge in [-0.05, 0) is 40.8 Å². The van der Waals surface area contributed by atoms with E-state index in [1.807, 2.05) is 11.0 Å². The van der Waals surface area contributed by atoms with Crippen molar-refractivity contribution in [3.05, 3.63) is 22.4 Å². The van der Waals surface area contributed by atoms with Crippen molar-refractivity contribution in [2.45, 2.75) is 12.8 Å². The van der Waals surface area contributed by atoms with Gasteiger partial charge in [0.15, 0.2) is 0 Å². The number of rotatable bonds is 3. The van der Waals surface area contributed by atoms with E-state index < -0.39 is 0 Å². The Bertz CT molecular complexity index is 384. The molecule has 1 saturated heterocycles. The number of halogens is 1. The van der Waals surface area contributed by atoms with Gasteiger partial charge in [-0.1, -0.05) is 0 Å². The number of hydrogen-bond acceptors (Lipinski definition) is 2. The van der Waals surface area contributed by atoms with Crippen molar-refractivity contribution in [3.63, 3.8) is 0 Å². The van der Waals surface area contributed by atoms with Crippen molar-refractivity contribution in [2.75, 3.05) is 26.8 Å². The molecular weight excluding hydrogens is 284 g/mol. The Hall–Kier alpha value is -0.810. The van der Waals surface area contributed by atoms with Gasteiger partial charge in [0.2, 0.25) is 0 Å². The lowest BCUT2D eigenvalue weighted by Crippen LogP contribution is -2.39. The van der Waals surface area contributed by atoms with Crippen LogP contribution < -0.4 is 0 Å². The number of aromatic nitrogens is 1. The molecule has 5 heteroatoms. The van der Waals surface area contributed by atoms with Gasteiger partial charge in [0.1, 0.15) is 5.69 Å². The SMILES string of the molecule is COCC1CCN(C(=O)c2cc(Br)c[nH]2)CC1. The summed E-state index contributed by atoms with van der Waals surface area (Å²) in [6.45, 7) is 2.45. The Morgan fingerprint density at radius 2 is 2.29 bits per heavy atom. The highest BCUT2D eigenvalue weighted by Gasteiger charge is 2.24. The molecule has 2 rings (SSSR count). The Labute approximate surface area is 109 Å². The van der Waals surface area contributed by atoms with Crippen molar-refractivity contribution in [1.82, 2.24) is 9.88 Å². The maximum atomic E-state index is 12.1. The van der Waals surface area contributed by atoms with Crippen LogP contribution in [0.5, 0.6) is 0 Å². The van der Waals surface area contributed by atoms with E-state index in [2.05, 4.69) is 20.9 Å². The molecule has 1 aromatic rings. The molecule has 1 aromatic heterocycles. The molecule has 1 amide bonds. The highest BCUT2D eigenvalue weighted by molar-refractivity contribution is 9.10. The predicted octanol–water partition coefficient (Wildman–Crippen LogP) is 2.28. The Morgan fingerprint density at radius 1 is 1.59 bits per heavy atom. The molecule has 1 aliphatic heterocycles. The molecule has 1 aliphatic rings. The first-order chi connectivity index (χ1) is 8.20. The van der Waals surface area contributed by atoms with Crippen LogP contribution in [-0.2, 0) is 4.74 Å². The third-order valence-corrected chi connectivity index (χ3v) is 3.64. The topological polar surface area (TPSA) is 45.3 Å². The fourth-order valence-corrected chi connectivity index (χ4v) is 2.54. The van der Waals surface area contributed by atoms with E-state index in [1.54, 1.807) is 13.3 Å². The minimum Gasteiger partial charge on any atom is -0.384 e. The lowest BCUT2D eigenvalue weighted by atomic mass is 9.97. The molecule has 0 aliphatic carbocycles. The second-order valence-corrected chi connectivity index (χ2v) is 5.34. The second kappa shape index (κ2) is 5.69. The van der Waals surface area contributed by atoms with Gasteiger partial charge in [-0.3, -0.25) is 4.79 Å². The van der Waals surface area contributed by atoms with Gasteiger partial charge >= 0.3 is 0 Å². The number of nitrogens with zero attached hydrogens (tertiary/aromatic N) is 1. The van der Waals surface area contributed by atoms with E-state index in [0.29, 0.717) is 11.6 Å². The lowest BCUT2D eigenvalue weighted by molar-refractivity contribution is 0.0609. The quantitative estimate of drug-likeness (QED) is 0.931. The maximum Gasteiger partial charge on any atom is 0.270 e. The number of carbonyl (C=O) groups is 1. The van der Waals surface area contributed by atoms with Crippen molar-refractivity contribution < 1.29 is 9.53 Å². The van der Waals surface area contributed by atoms with Crippen LogP contribution in [0.1, 0.15) is 23.3 Å². The number of hydrogen-bond donors (Lipinski definition) is 1. The fourth-order valence-electron chi connectivity index (χ4n) is 2.20. The number of carbonyl (C=O) groups excluding carboxylic acids is 1. The molecule has 1 N–H and O–H groups in total. The monoisotopic (exact) mass is 300 g/mol. The van der Waals surface area contributed by atoms with Gasteiger partial charge < -0.3 is 14.6 Å². The third kappa shape index (κ3) is 3.10. The maximum absolute atomic E-state index is 12.1. The highest BCUT2D eigenvalue weighted by atomic mass is 79.9. The molecule has 0 spiro atoms. The van der Waals surface area contributed by atoms with Gasteiger partial charge in [-0.2, -0.15) is 0 Å². The molecule has 2 heterocycles. The molecule has 1 fully saturated rings. The molecule has 94 valence electrons. The van der Waals surface area contributed by atoms with Gasteiger partial charge in [-0.15, -0.1) is 0 Å². The molecule has 17 heavy (non-hydrogen) atoms. The van der Waals surface area contributed by atoms with Crippen LogP contribution >= 0.6 is 15.9 Å². The molecule has 0 radical (unpaired) electrons. The van der Waals surface area contributed by atoms with Crippen LogP contribution in [0.4, 0.5) is 0 Å². The molecule has 0 aromatic carbocycles. The third-order valence-electron chi connectivity index (χ3n) is 3.18. The van der Waals surface area contributed by atoms with E-state index in [4.69, 9.17) is 4.74 Å². The average molecular weight is 301 g/mol. The van der Waals surface area contributed by atoms with Gasteiger partial charge in [0.25, 0.3) is 5.91 Å². The Kier molecular flexibility index (Phi) is 4.23. The van der Waals surface area contributed by atoms with Crippen LogP contribution in [0.25, 0.3) is 0 Å². The van der Waals surface area contributed by atoms with Crippen LogP contribution in [-0.4, -0.2) is 42.6 Å². The smallest absolute Gasteiger partial charge is 0.270 e. The number of H-pyrrole nitrogens is 1. The zero-order chi connectivity index (χ0) is 12.3. The summed E-state index contributed by atoms with van der Waals surface area (Å²) in [7, 11) is 1.73. The number of aromatic amines is 1. The zero-order valence-corrected chi connectivity index (χ0v) is 11.5. The summed E-state index contributed by atoms with van der Waals surface area (Å²) in [6.07, 6.45) is 3.84. The molecule has 0 unspecified atom stereocenters. The number of methoxy groups -OCH3 is 1. The lowest BCUT2D eigenvalue weighted by Gasteiger charge is -2.31. The van der Waals surface area contributed by atoms with E-state index in [0.717, 1.165) is 37.0 Å². The Morgan fingerprint density at radius 3 is 2.82 bits per heavy atom. The van der Waals surface area contributed by atoms with Crippen LogP contribution in [0, 0.1) is 5.92 Å². The van der Waals surface area contributed by atoms with Crippen LogP contribution in [0.15, 0.2) is 16.7 Å². The summed E-state index contributed by atoms with van der Waals surface area (Å²) in [5.41, 5.74) is 0.655. The number of amides is 1. The van der Waals surface area contributed by atoms with Crippen LogP contribution in [0.2, 0.25) is 0 Å². The summed E-state index contributed by atoms with van der Waals surface area (Å²) in [6, 6.07) is 1.82. The molecule has 0 saturated carbocycles. The predicted molar refractivity (Wildman–Crippen MR) is 69.0 cm³/mol. The number of piperidine rings is 1. The van der Waals surface area contributed by atoms with Crippen molar-refractivity contribution in [3.8, 4) is 0 Å². The largest absolute Gasteiger partial charge is 0.384 e. The molecule has 4 nitrogen and oxygen atoms in total.